The molecule has 180 valence electrons. The summed E-state index contributed by atoms with van der Waals surface area (Å²) in [6.07, 6.45) is 12.5. The Morgan fingerprint density at radius 1 is 1.24 bits per heavy atom. The molecule has 0 N–H and O–H groups in total. The highest BCUT2D eigenvalue weighted by Crippen LogP contribution is 2.29. The van der Waals surface area contributed by atoms with Crippen LogP contribution in [0.2, 0.25) is 0 Å². The van der Waals surface area contributed by atoms with Crippen molar-refractivity contribution in [3.63, 3.8) is 0 Å². The van der Waals surface area contributed by atoms with Gasteiger partial charge in [-0.25, -0.2) is 0 Å². The molecule has 0 spiro atoms. The topological polar surface area (TPSA) is 51.1 Å². The largest absolute Gasteiger partial charge is 0.493 e. The Bertz CT molecular complexity index is 916. The summed E-state index contributed by atoms with van der Waals surface area (Å²) in [4.78, 5) is 19.4. The van der Waals surface area contributed by atoms with E-state index in [9.17, 15) is 4.79 Å². The lowest BCUT2D eigenvalue weighted by molar-refractivity contribution is -0.129. The van der Waals surface area contributed by atoms with Gasteiger partial charge in [0.2, 0.25) is 0 Å². The number of hydrogen-bond acceptors (Lipinski definition) is 4. The molecule has 1 aromatic carbocycles. The predicted molar refractivity (Wildman–Crippen MR) is 139 cm³/mol. The number of methoxy groups -OCH3 is 1. The molecule has 0 aliphatic rings. The molecule has 0 saturated carbocycles. The zero-order valence-electron chi connectivity index (χ0n) is 21.5. The summed E-state index contributed by atoms with van der Waals surface area (Å²) >= 11 is 0. The summed E-state index contributed by atoms with van der Waals surface area (Å²) < 4.78 is 11.3. The number of carbonyl (C=O) groups is 1. The van der Waals surface area contributed by atoms with Crippen molar-refractivity contribution >= 4 is 12.1 Å². The van der Waals surface area contributed by atoms with Crippen molar-refractivity contribution in [3.05, 3.63) is 72.0 Å². The summed E-state index contributed by atoms with van der Waals surface area (Å²) in [5, 5.41) is 0. The summed E-state index contributed by atoms with van der Waals surface area (Å²) in [5.74, 6) is 1.32. The van der Waals surface area contributed by atoms with Gasteiger partial charge in [-0.2, -0.15) is 0 Å². The third-order valence-electron chi connectivity index (χ3n) is 4.91. The Morgan fingerprint density at radius 2 is 1.94 bits per heavy atom. The maximum absolute atomic E-state index is 13.2. The van der Waals surface area contributed by atoms with E-state index in [2.05, 4.69) is 11.6 Å². The Hall–Kier alpha value is -3.08. The summed E-state index contributed by atoms with van der Waals surface area (Å²) in [6.45, 7) is 15.7. The molecule has 1 amide bonds. The number of aliphatic imine (C=N–C) groups is 1. The highest BCUT2D eigenvalue weighted by Gasteiger charge is 2.24. The van der Waals surface area contributed by atoms with Crippen LogP contribution in [0, 0.1) is 0 Å². The zero-order chi connectivity index (χ0) is 25.0. The standard InChI is InChI=1S/C28H40N2O3/c1-10-13-23(14-11-2)20-29-24(27(31)30(8)28(5,6)7)16-12-15-22-17-18-25(33-21(3)4)26(19-22)32-9/h10-11,13-14,16-21H,1,12,15H2,2-9H3/b14-11-,23-13+,24-16+,29-20-. The van der Waals surface area contributed by atoms with Gasteiger partial charge >= 0.3 is 0 Å². The first-order valence-corrected chi connectivity index (χ1v) is 11.3. The Labute approximate surface area is 200 Å². The maximum Gasteiger partial charge on any atom is 0.272 e. The molecule has 0 saturated heterocycles. The Balaban J connectivity index is 3.15. The maximum atomic E-state index is 13.2. The van der Waals surface area contributed by atoms with Crippen molar-refractivity contribution < 1.29 is 14.3 Å². The molecular weight excluding hydrogens is 412 g/mol. The molecule has 0 heterocycles. The quantitative estimate of drug-likeness (QED) is 0.224. The molecule has 5 heteroatoms. The van der Waals surface area contributed by atoms with Gasteiger partial charge in [-0.1, -0.05) is 43.0 Å². The first-order valence-electron chi connectivity index (χ1n) is 11.3. The Morgan fingerprint density at radius 3 is 2.48 bits per heavy atom. The number of hydrogen-bond donors (Lipinski definition) is 0. The van der Waals surface area contributed by atoms with Gasteiger partial charge in [-0.15, -0.1) is 0 Å². The minimum Gasteiger partial charge on any atom is -0.493 e. The second-order valence-corrected chi connectivity index (χ2v) is 8.98. The van der Waals surface area contributed by atoms with Crippen LogP contribution in [0.25, 0.3) is 0 Å². The molecule has 5 nitrogen and oxygen atoms in total. The van der Waals surface area contributed by atoms with Crippen molar-refractivity contribution in [2.75, 3.05) is 14.2 Å². The monoisotopic (exact) mass is 452 g/mol. The van der Waals surface area contributed by atoms with Gasteiger partial charge in [-0.3, -0.25) is 9.79 Å². The molecule has 0 aliphatic carbocycles. The first kappa shape index (κ1) is 28.0. The van der Waals surface area contributed by atoms with E-state index in [1.165, 1.54) is 0 Å². The number of nitrogens with zero attached hydrogens (tertiary/aromatic N) is 2. The van der Waals surface area contributed by atoms with Crippen LogP contribution in [0.4, 0.5) is 0 Å². The average molecular weight is 453 g/mol. The number of likely N-dealkylation sites (N-methyl/N-ethyl adjacent to an activating group) is 1. The molecule has 33 heavy (non-hydrogen) atoms. The van der Waals surface area contributed by atoms with E-state index in [1.807, 2.05) is 84.0 Å². The number of rotatable bonds is 11. The fourth-order valence-corrected chi connectivity index (χ4v) is 2.88. The molecular formula is C28H40N2O3. The van der Waals surface area contributed by atoms with Gasteiger partial charge in [0.25, 0.3) is 5.91 Å². The molecule has 1 aromatic rings. The number of benzene rings is 1. The zero-order valence-corrected chi connectivity index (χ0v) is 21.5. The predicted octanol–water partition coefficient (Wildman–Crippen LogP) is 6.32. The molecule has 0 aromatic heterocycles. The second-order valence-electron chi connectivity index (χ2n) is 8.98. The fourth-order valence-electron chi connectivity index (χ4n) is 2.88. The second kappa shape index (κ2) is 13.5. The van der Waals surface area contributed by atoms with E-state index in [4.69, 9.17) is 9.47 Å². The van der Waals surface area contributed by atoms with Crippen molar-refractivity contribution in [1.29, 1.82) is 0 Å². The van der Waals surface area contributed by atoms with Crippen LogP contribution in [-0.2, 0) is 11.2 Å². The lowest BCUT2D eigenvalue weighted by atomic mass is 10.1. The lowest BCUT2D eigenvalue weighted by Crippen LogP contribution is -2.43. The molecule has 0 unspecified atom stereocenters. The van der Waals surface area contributed by atoms with E-state index in [0.29, 0.717) is 17.9 Å². The van der Waals surface area contributed by atoms with Gasteiger partial charge in [0.15, 0.2) is 11.5 Å². The molecule has 0 aliphatic heterocycles. The normalized spacial score (nSPS) is 13.1. The molecule has 0 radical (unpaired) electrons. The molecule has 0 fully saturated rings. The minimum atomic E-state index is -0.311. The summed E-state index contributed by atoms with van der Waals surface area (Å²) in [5.41, 5.74) is 2.07. The smallest absolute Gasteiger partial charge is 0.272 e. The van der Waals surface area contributed by atoms with Gasteiger partial charge < -0.3 is 14.4 Å². The van der Waals surface area contributed by atoms with E-state index in [1.54, 1.807) is 31.3 Å². The van der Waals surface area contributed by atoms with Gasteiger partial charge in [0, 0.05) is 18.8 Å². The van der Waals surface area contributed by atoms with E-state index < -0.39 is 0 Å². The molecule has 0 atom stereocenters. The number of amides is 1. The lowest BCUT2D eigenvalue weighted by Gasteiger charge is -2.32. The highest BCUT2D eigenvalue weighted by molar-refractivity contribution is 5.96. The van der Waals surface area contributed by atoms with Gasteiger partial charge in [0.1, 0.15) is 5.70 Å². The summed E-state index contributed by atoms with van der Waals surface area (Å²) in [6, 6.07) is 5.94. The van der Waals surface area contributed by atoms with Crippen LogP contribution in [0.15, 0.2) is 71.4 Å². The molecule has 0 bridgehead atoms. The van der Waals surface area contributed by atoms with Crippen molar-refractivity contribution in [2.45, 2.75) is 66.0 Å². The first-order chi connectivity index (χ1) is 15.5. The summed E-state index contributed by atoms with van der Waals surface area (Å²) in [7, 11) is 3.44. The Kier molecular flexibility index (Phi) is 11.4. The van der Waals surface area contributed by atoms with Crippen LogP contribution < -0.4 is 9.47 Å². The number of carbonyl (C=O) groups excluding carboxylic acids is 1. The van der Waals surface area contributed by atoms with Crippen LogP contribution in [0.3, 0.4) is 0 Å². The van der Waals surface area contributed by atoms with Gasteiger partial charge in [0.05, 0.1) is 13.2 Å². The third-order valence-corrected chi connectivity index (χ3v) is 4.91. The van der Waals surface area contributed by atoms with Crippen LogP contribution in [0.1, 0.15) is 53.5 Å². The van der Waals surface area contributed by atoms with Crippen molar-refractivity contribution in [2.24, 2.45) is 4.99 Å². The average Bonchev–Trinajstić information content (AvgIpc) is 2.75. The van der Waals surface area contributed by atoms with Crippen molar-refractivity contribution in [3.8, 4) is 11.5 Å². The van der Waals surface area contributed by atoms with Crippen LogP contribution in [-0.4, -0.2) is 42.8 Å². The van der Waals surface area contributed by atoms with Crippen molar-refractivity contribution in [1.82, 2.24) is 4.90 Å². The van der Waals surface area contributed by atoms with E-state index in [-0.39, 0.29) is 17.6 Å². The number of allylic oxidation sites excluding steroid dienone is 6. The van der Waals surface area contributed by atoms with Crippen LogP contribution in [0.5, 0.6) is 11.5 Å². The number of aryl methyl sites for hydroxylation is 1. The third kappa shape index (κ3) is 9.52. The van der Waals surface area contributed by atoms with Crippen LogP contribution >= 0.6 is 0 Å². The molecule has 1 rings (SSSR count). The highest BCUT2D eigenvalue weighted by atomic mass is 16.5. The number of ether oxygens (including phenoxy) is 2. The van der Waals surface area contributed by atoms with Gasteiger partial charge in [-0.05, 0) is 77.7 Å². The fraction of sp³-hybridized carbons (Fsp3) is 0.429. The van der Waals surface area contributed by atoms with E-state index in [0.717, 1.165) is 23.3 Å². The minimum absolute atomic E-state index is 0.0708. The van der Waals surface area contributed by atoms with E-state index >= 15 is 0 Å². The SMILES string of the molecule is C=C/C=C(\C=C/C)/C=N\C(=C\CCc1ccc(OC(C)C)c(OC)c1)C(=O)N(C)C(C)(C)C.